The fraction of sp³-hybridized carbons (Fsp3) is 0.286. The van der Waals surface area contributed by atoms with Crippen LogP contribution in [0.15, 0.2) is 77.9 Å². The van der Waals surface area contributed by atoms with Gasteiger partial charge in [-0.25, -0.2) is 5.43 Å². The number of carbonyl (C=O) groups is 1. The molecular weight excluding hydrogens is 428 g/mol. The highest BCUT2D eigenvalue weighted by Gasteiger charge is 2.13. The summed E-state index contributed by atoms with van der Waals surface area (Å²) in [5, 5.41) is 4.01. The molecule has 6 heteroatoms. The molecule has 0 bridgehead atoms. The number of carbonyl (C=O) groups excluding carboxylic acids is 1. The van der Waals surface area contributed by atoms with Gasteiger partial charge >= 0.3 is 0 Å². The number of hydrogen-bond donors (Lipinski definition) is 1. The molecular formula is C28H32N2O4. The second kappa shape index (κ2) is 11.9. The minimum Gasteiger partial charge on any atom is -0.493 e. The molecule has 1 amide bonds. The van der Waals surface area contributed by atoms with E-state index >= 15 is 0 Å². The molecule has 1 N–H and O–H groups in total. The third-order valence-electron chi connectivity index (χ3n) is 5.17. The normalized spacial score (nSPS) is 11.3. The summed E-state index contributed by atoms with van der Waals surface area (Å²) >= 11 is 0. The van der Waals surface area contributed by atoms with Gasteiger partial charge in [-0.1, -0.05) is 63.2 Å². The Kier molecular flexibility index (Phi) is 8.68. The van der Waals surface area contributed by atoms with Gasteiger partial charge in [-0.3, -0.25) is 4.79 Å². The molecule has 3 aromatic rings. The van der Waals surface area contributed by atoms with Crippen molar-refractivity contribution in [3.8, 4) is 17.2 Å². The minimum atomic E-state index is -0.344. The Morgan fingerprint density at radius 2 is 1.68 bits per heavy atom. The Hall–Kier alpha value is -3.80. The van der Waals surface area contributed by atoms with Crippen molar-refractivity contribution in [2.24, 2.45) is 5.10 Å². The molecule has 0 unspecified atom stereocenters. The van der Waals surface area contributed by atoms with Crippen molar-refractivity contribution < 1.29 is 19.0 Å². The lowest BCUT2D eigenvalue weighted by molar-refractivity contribution is -0.123. The molecule has 178 valence electrons. The highest BCUT2D eigenvalue weighted by atomic mass is 16.5. The van der Waals surface area contributed by atoms with E-state index in [4.69, 9.17) is 14.2 Å². The number of amides is 1. The molecule has 0 saturated heterocycles. The molecule has 0 aliphatic rings. The fourth-order valence-electron chi connectivity index (χ4n) is 3.22. The van der Waals surface area contributed by atoms with E-state index in [1.807, 2.05) is 54.6 Å². The Labute approximate surface area is 201 Å². The first-order valence-corrected chi connectivity index (χ1v) is 11.2. The van der Waals surface area contributed by atoms with Crippen molar-refractivity contribution in [3.63, 3.8) is 0 Å². The van der Waals surface area contributed by atoms with Crippen LogP contribution in [0.1, 0.15) is 37.5 Å². The number of hydrogen-bond acceptors (Lipinski definition) is 5. The van der Waals surface area contributed by atoms with Crippen LogP contribution in [0.4, 0.5) is 0 Å². The van der Waals surface area contributed by atoms with E-state index in [0.29, 0.717) is 23.9 Å². The summed E-state index contributed by atoms with van der Waals surface area (Å²) in [5.74, 6) is 1.56. The van der Waals surface area contributed by atoms with Crippen LogP contribution in [0, 0.1) is 0 Å². The van der Waals surface area contributed by atoms with Crippen molar-refractivity contribution in [2.75, 3.05) is 20.3 Å². The van der Waals surface area contributed by atoms with Gasteiger partial charge in [-0.2, -0.15) is 5.10 Å². The maximum atomic E-state index is 12.1. The number of hydrazone groups is 1. The van der Waals surface area contributed by atoms with Crippen molar-refractivity contribution in [1.82, 2.24) is 5.43 Å². The second-order valence-corrected chi connectivity index (χ2v) is 8.85. The molecule has 0 radical (unpaired) electrons. The van der Waals surface area contributed by atoms with Gasteiger partial charge in [-0.15, -0.1) is 0 Å². The lowest BCUT2D eigenvalue weighted by Crippen LogP contribution is -2.24. The average molecular weight is 461 g/mol. The largest absolute Gasteiger partial charge is 0.493 e. The highest BCUT2D eigenvalue weighted by Crippen LogP contribution is 2.28. The van der Waals surface area contributed by atoms with Crippen molar-refractivity contribution in [1.29, 1.82) is 0 Å². The second-order valence-electron chi connectivity index (χ2n) is 8.85. The molecule has 3 rings (SSSR count). The van der Waals surface area contributed by atoms with E-state index in [0.717, 1.165) is 12.0 Å². The van der Waals surface area contributed by atoms with Crippen molar-refractivity contribution in [3.05, 3.63) is 89.5 Å². The quantitative estimate of drug-likeness (QED) is 0.336. The van der Waals surface area contributed by atoms with E-state index < -0.39 is 0 Å². The van der Waals surface area contributed by atoms with Crippen LogP contribution in [-0.2, 0) is 16.6 Å². The van der Waals surface area contributed by atoms with Gasteiger partial charge in [0.1, 0.15) is 5.75 Å². The van der Waals surface area contributed by atoms with E-state index in [1.165, 1.54) is 11.1 Å². The van der Waals surface area contributed by atoms with Gasteiger partial charge in [0, 0.05) is 6.42 Å². The number of methoxy groups -OCH3 is 1. The van der Waals surface area contributed by atoms with E-state index in [9.17, 15) is 4.79 Å². The summed E-state index contributed by atoms with van der Waals surface area (Å²) in [6.07, 6.45) is 2.36. The van der Waals surface area contributed by atoms with Gasteiger partial charge in [0.05, 0.1) is 19.9 Å². The van der Waals surface area contributed by atoms with Gasteiger partial charge < -0.3 is 14.2 Å². The van der Waals surface area contributed by atoms with Gasteiger partial charge in [0.15, 0.2) is 18.1 Å². The summed E-state index contributed by atoms with van der Waals surface area (Å²) in [5.41, 5.74) is 5.73. The van der Waals surface area contributed by atoms with Crippen LogP contribution in [0.5, 0.6) is 17.2 Å². The summed E-state index contributed by atoms with van der Waals surface area (Å²) in [6, 6.07) is 23.4. The number of rotatable bonds is 10. The number of nitrogens with one attached hydrogen (secondary N) is 1. The molecule has 0 atom stereocenters. The maximum Gasteiger partial charge on any atom is 0.277 e. The molecule has 0 fully saturated rings. The molecule has 0 aliphatic carbocycles. The molecule has 3 aromatic carbocycles. The Morgan fingerprint density at radius 3 is 2.35 bits per heavy atom. The lowest BCUT2D eigenvalue weighted by Gasteiger charge is -2.19. The van der Waals surface area contributed by atoms with Crippen LogP contribution < -0.4 is 19.6 Å². The SMILES string of the molecule is COc1cc(/C=N/NC(=O)COc2ccc(C(C)(C)C)cc2)ccc1OCCc1ccccc1. The summed E-state index contributed by atoms with van der Waals surface area (Å²) in [4.78, 5) is 12.1. The minimum absolute atomic E-state index is 0.0692. The summed E-state index contributed by atoms with van der Waals surface area (Å²) < 4.78 is 16.9. The topological polar surface area (TPSA) is 69.2 Å². The molecule has 0 saturated carbocycles. The third kappa shape index (κ3) is 7.66. The zero-order chi connectivity index (χ0) is 24.4. The van der Waals surface area contributed by atoms with Crippen LogP contribution in [0.2, 0.25) is 0 Å². The summed E-state index contributed by atoms with van der Waals surface area (Å²) in [7, 11) is 1.59. The number of ether oxygens (including phenoxy) is 3. The van der Waals surface area contributed by atoms with Crippen LogP contribution in [0.25, 0.3) is 0 Å². The molecule has 34 heavy (non-hydrogen) atoms. The standard InChI is InChI=1S/C28H32N2O4/c1-28(2,3)23-11-13-24(14-12-23)34-20-27(31)30-29-19-22-10-15-25(26(18-22)32-4)33-17-16-21-8-6-5-7-9-21/h5-15,18-19H,16-17,20H2,1-4H3,(H,30,31)/b29-19+. The summed E-state index contributed by atoms with van der Waals surface area (Å²) in [6.45, 7) is 6.87. The zero-order valence-electron chi connectivity index (χ0n) is 20.2. The van der Waals surface area contributed by atoms with Gasteiger partial charge in [-0.05, 0) is 52.4 Å². The van der Waals surface area contributed by atoms with Crippen LogP contribution in [0.3, 0.4) is 0 Å². The predicted molar refractivity (Wildman–Crippen MR) is 135 cm³/mol. The zero-order valence-corrected chi connectivity index (χ0v) is 20.2. The highest BCUT2D eigenvalue weighted by molar-refractivity contribution is 5.83. The van der Waals surface area contributed by atoms with Crippen LogP contribution in [-0.4, -0.2) is 32.4 Å². The Morgan fingerprint density at radius 1 is 0.941 bits per heavy atom. The van der Waals surface area contributed by atoms with E-state index in [2.05, 4.69) is 43.4 Å². The lowest BCUT2D eigenvalue weighted by atomic mass is 9.87. The fourth-order valence-corrected chi connectivity index (χ4v) is 3.22. The molecule has 0 heterocycles. The Balaban J connectivity index is 1.46. The number of nitrogens with zero attached hydrogens (tertiary/aromatic N) is 1. The first-order valence-electron chi connectivity index (χ1n) is 11.2. The predicted octanol–water partition coefficient (Wildman–Crippen LogP) is 5.14. The monoisotopic (exact) mass is 460 g/mol. The van der Waals surface area contributed by atoms with Crippen LogP contribution >= 0.6 is 0 Å². The van der Waals surface area contributed by atoms with Gasteiger partial charge in [0.2, 0.25) is 0 Å². The Bertz CT molecular complexity index is 1090. The molecule has 0 aliphatic heterocycles. The van der Waals surface area contributed by atoms with Gasteiger partial charge in [0.25, 0.3) is 5.91 Å². The smallest absolute Gasteiger partial charge is 0.277 e. The van der Waals surface area contributed by atoms with Crippen molar-refractivity contribution >= 4 is 12.1 Å². The molecule has 0 spiro atoms. The van der Waals surface area contributed by atoms with E-state index in [1.54, 1.807) is 19.4 Å². The third-order valence-corrected chi connectivity index (χ3v) is 5.17. The van der Waals surface area contributed by atoms with Crippen molar-refractivity contribution in [2.45, 2.75) is 32.6 Å². The first kappa shape index (κ1) is 24.8. The average Bonchev–Trinajstić information content (AvgIpc) is 2.84. The van der Waals surface area contributed by atoms with E-state index in [-0.39, 0.29) is 17.9 Å². The number of benzene rings is 3. The molecule has 6 nitrogen and oxygen atoms in total. The first-order chi connectivity index (χ1) is 16.3. The molecule has 0 aromatic heterocycles. The maximum absolute atomic E-state index is 12.1.